The normalized spacial score (nSPS) is 11.9. The third kappa shape index (κ3) is 4.51. The second kappa shape index (κ2) is 9.23. The van der Waals surface area contributed by atoms with Gasteiger partial charge < -0.3 is 5.11 Å². The van der Waals surface area contributed by atoms with Gasteiger partial charge in [-0.25, -0.2) is 5.43 Å². The fraction of sp³-hybridized carbons (Fsp3) is 0.130. The Kier molecular flexibility index (Phi) is 6.70. The van der Waals surface area contributed by atoms with Gasteiger partial charge in [0, 0.05) is 10.6 Å². The minimum absolute atomic E-state index is 0.439. The molecule has 3 rings (SSSR count). The molecule has 3 aromatic carbocycles. The van der Waals surface area contributed by atoms with E-state index < -0.39 is 11.5 Å². The standard InChI is InChI=1S/C23H20Cl2N2O2/c1-2-21(19-14-13-18(24)15-20(19)25)26-27-22(28)23(29,16-9-5-3-6-10-16)17-11-7-4-8-12-17/h3-15,29H,2H2,1H3,(H,27,28)/b26-21+. The smallest absolute Gasteiger partial charge is 0.281 e. The van der Waals surface area contributed by atoms with Gasteiger partial charge in [0.25, 0.3) is 5.91 Å². The molecule has 3 aromatic rings. The van der Waals surface area contributed by atoms with Gasteiger partial charge in [-0.15, -0.1) is 0 Å². The molecular formula is C23H20Cl2N2O2. The number of carbonyl (C=O) groups is 1. The van der Waals surface area contributed by atoms with E-state index in [1.807, 2.05) is 19.1 Å². The van der Waals surface area contributed by atoms with Crippen molar-refractivity contribution in [2.24, 2.45) is 5.10 Å². The van der Waals surface area contributed by atoms with E-state index in [1.54, 1.807) is 66.7 Å². The summed E-state index contributed by atoms with van der Waals surface area (Å²) in [5.74, 6) is -0.661. The number of benzene rings is 3. The number of rotatable bonds is 6. The molecule has 29 heavy (non-hydrogen) atoms. The lowest BCUT2D eigenvalue weighted by atomic mass is 9.85. The fourth-order valence-corrected chi connectivity index (χ4v) is 3.56. The highest BCUT2D eigenvalue weighted by Crippen LogP contribution is 2.30. The van der Waals surface area contributed by atoms with Gasteiger partial charge in [-0.1, -0.05) is 96.9 Å². The van der Waals surface area contributed by atoms with Gasteiger partial charge in [-0.05, 0) is 29.7 Å². The summed E-state index contributed by atoms with van der Waals surface area (Å²) in [4.78, 5) is 13.1. The molecule has 6 heteroatoms. The maximum Gasteiger partial charge on any atom is 0.281 e. The van der Waals surface area contributed by atoms with Gasteiger partial charge >= 0.3 is 0 Å². The highest BCUT2D eigenvalue weighted by atomic mass is 35.5. The summed E-state index contributed by atoms with van der Waals surface area (Å²) in [7, 11) is 0. The van der Waals surface area contributed by atoms with E-state index in [1.165, 1.54) is 0 Å². The molecule has 0 aromatic heterocycles. The predicted octanol–water partition coefficient (Wildman–Crippen LogP) is 5.16. The van der Waals surface area contributed by atoms with E-state index in [4.69, 9.17) is 23.2 Å². The van der Waals surface area contributed by atoms with Crippen molar-refractivity contribution in [3.8, 4) is 0 Å². The predicted molar refractivity (Wildman–Crippen MR) is 117 cm³/mol. The van der Waals surface area contributed by atoms with Crippen LogP contribution in [0.1, 0.15) is 30.0 Å². The number of aliphatic hydroxyl groups is 1. The van der Waals surface area contributed by atoms with Gasteiger partial charge in [-0.3, -0.25) is 4.79 Å². The van der Waals surface area contributed by atoms with Crippen LogP contribution in [0.25, 0.3) is 0 Å². The lowest BCUT2D eigenvalue weighted by Crippen LogP contribution is -2.44. The van der Waals surface area contributed by atoms with Crippen LogP contribution in [0.15, 0.2) is 84.0 Å². The van der Waals surface area contributed by atoms with Crippen molar-refractivity contribution in [3.63, 3.8) is 0 Å². The highest BCUT2D eigenvalue weighted by molar-refractivity contribution is 6.37. The first kappa shape index (κ1) is 21.1. The zero-order valence-corrected chi connectivity index (χ0v) is 17.3. The molecule has 0 saturated carbocycles. The van der Waals surface area contributed by atoms with Crippen LogP contribution in [0.5, 0.6) is 0 Å². The molecule has 148 valence electrons. The van der Waals surface area contributed by atoms with Crippen LogP contribution in [-0.2, 0) is 10.4 Å². The van der Waals surface area contributed by atoms with Crippen molar-refractivity contribution in [2.75, 3.05) is 0 Å². The molecule has 0 saturated heterocycles. The molecule has 0 aliphatic rings. The van der Waals surface area contributed by atoms with Crippen LogP contribution in [0.4, 0.5) is 0 Å². The Bertz CT molecular complexity index is 982. The number of hydrogen-bond donors (Lipinski definition) is 2. The zero-order chi connectivity index (χ0) is 20.9. The number of halogens is 2. The van der Waals surface area contributed by atoms with Crippen molar-refractivity contribution >= 4 is 34.8 Å². The van der Waals surface area contributed by atoms with Crippen LogP contribution >= 0.6 is 23.2 Å². The van der Waals surface area contributed by atoms with E-state index in [9.17, 15) is 9.90 Å². The molecule has 0 aliphatic heterocycles. The minimum atomic E-state index is -1.89. The van der Waals surface area contributed by atoms with Gasteiger partial charge in [0.1, 0.15) is 0 Å². The van der Waals surface area contributed by atoms with Gasteiger partial charge in [0.15, 0.2) is 5.60 Å². The number of nitrogens with one attached hydrogen (secondary N) is 1. The summed E-state index contributed by atoms with van der Waals surface area (Å²) in [6, 6.07) is 22.6. The van der Waals surface area contributed by atoms with Crippen LogP contribution in [0.3, 0.4) is 0 Å². The first-order valence-corrected chi connectivity index (χ1v) is 9.88. The first-order chi connectivity index (χ1) is 14.0. The molecule has 0 heterocycles. The Hall–Kier alpha value is -2.66. The van der Waals surface area contributed by atoms with Crippen LogP contribution in [0.2, 0.25) is 10.0 Å². The summed E-state index contributed by atoms with van der Waals surface area (Å²) in [5, 5.41) is 16.6. The number of hydrazone groups is 1. The maximum absolute atomic E-state index is 13.1. The zero-order valence-electron chi connectivity index (χ0n) is 15.8. The molecule has 1 amide bonds. The Morgan fingerprint density at radius 2 is 1.52 bits per heavy atom. The topological polar surface area (TPSA) is 61.7 Å². The Labute approximate surface area is 179 Å². The number of nitrogens with zero attached hydrogens (tertiary/aromatic N) is 1. The van der Waals surface area contributed by atoms with Crippen molar-refractivity contribution in [2.45, 2.75) is 18.9 Å². The van der Waals surface area contributed by atoms with Crippen LogP contribution < -0.4 is 5.43 Å². The summed E-state index contributed by atoms with van der Waals surface area (Å²) in [5.41, 5.74) is 2.76. The van der Waals surface area contributed by atoms with E-state index in [2.05, 4.69) is 10.5 Å². The molecular weight excluding hydrogens is 407 g/mol. The van der Waals surface area contributed by atoms with Gasteiger partial charge in [-0.2, -0.15) is 5.10 Å². The summed E-state index contributed by atoms with van der Waals surface area (Å²) >= 11 is 12.2. The largest absolute Gasteiger partial charge is 0.372 e. The second-order valence-electron chi connectivity index (χ2n) is 6.42. The van der Waals surface area contributed by atoms with Crippen LogP contribution in [0, 0.1) is 0 Å². The molecule has 0 radical (unpaired) electrons. The fourth-order valence-electron chi connectivity index (χ4n) is 3.04. The number of carbonyl (C=O) groups excluding carboxylic acids is 1. The molecule has 4 nitrogen and oxygen atoms in total. The number of amides is 1. The average Bonchev–Trinajstić information content (AvgIpc) is 2.75. The van der Waals surface area contributed by atoms with Gasteiger partial charge in [0.2, 0.25) is 0 Å². The highest BCUT2D eigenvalue weighted by Gasteiger charge is 2.40. The first-order valence-electron chi connectivity index (χ1n) is 9.12. The lowest BCUT2D eigenvalue weighted by molar-refractivity contribution is -0.136. The molecule has 0 atom stereocenters. The quantitative estimate of drug-likeness (QED) is 0.422. The second-order valence-corrected chi connectivity index (χ2v) is 7.26. The van der Waals surface area contributed by atoms with Crippen molar-refractivity contribution in [1.29, 1.82) is 0 Å². The molecule has 0 unspecified atom stereocenters. The van der Waals surface area contributed by atoms with E-state index in [0.29, 0.717) is 38.9 Å². The Morgan fingerprint density at radius 3 is 2.00 bits per heavy atom. The monoisotopic (exact) mass is 426 g/mol. The minimum Gasteiger partial charge on any atom is -0.372 e. The van der Waals surface area contributed by atoms with E-state index in [0.717, 1.165) is 0 Å². The molecule has 0 bridgehead atoms. The third-order valence-corrected chi connectivity index (χ3v) is 5.13. The number of hydrogen-bond acceptors (Lipinski definition) is 3. The van der Waals surface area contributed by atoms with Crippen LogP contribution in [-0.4, -0.2) is 16.7 Å². The SMILES string of the molecule is CC/C(=N\NC(=O)C(O)(c1ccccc1)c1ccccc1)c1ccc(Cl)cc1Cl. The summed E-state index contributed by atoms with van der Waals surface area (Å²) in [6.07, 6.45) is 0.525. The Balaban J connectivity index is 1.98. The average molecular weight is 427 g/mol. The van der Waals surface area contributed by atoms with Gasteiger partial charge in [0.05, 0.1) is 10.7 Å². The third-order valence-electron chi connectivity index (χ3n) is 4.58. The van der Waals surface area contributed by atoms with E-state index in [-0.39, 0.29) is 0 Å². The molecule has 0 aliphatic carbocycles. The molecule has 0 spiro atoms. The van der Waals surface area contributed by atoms with Crippen molar-refractivity contribution in [1.82, 2.24) is 5.43 Å². The van der Waals surface area contributed by atoms with Crippen molar-refractivity contribution < 1.29 is 9.90 Å². The summed E-state index contributed by atoms with van der Waals surface area (Å²) in [6.45, 7) is 1.90. The van der Waals surface area contributed by atoms with E-state index >= 15 is 0 Å². The lowest BCUT2D eigenvalue weighted by Gasteiger charge is -2.27. The molecule has 0 fully saturated rings. The summed E-state index contributed by atoms with van der Waals surface area (Å²) < 4.78 is 0. The Morgan fingerprint density at radius 1 is 0.966 bits per heavy atom. The maximum atomic E-state index is 13.1. The van der Waals surface area contributed by atoms with Crippen molar-refractivity contribution in [3.05, 3.63) is 106 Å². The molecule has 2 N–H and O–H groups in total.